The van der Waals surface area contributed by atoms with E-state index in [1.165, 1.54) is 36.4 Å². The van der Waals surface area contributed by atoms with E-state index in [-0.39, 0.29) is 0 Å². The smallest absolute Gasteiger partial charge is 0.328 e. The lowest BCUT2D eigenvalue weighted by atomic mass is 9.97. The Kier molecular flexibility index (Phi) is 4.61. The van der Waals surface area contributed by atoms with Gasteiger partial charge >= 0.3 is 5.97 Å². The molecule has 2 nitrogen and oxygen atoms in total. The van der Waals surface area contributed by atoms with Crippen LogP contribution < -0.4 is 0 Å². The van der Waals surface area contributed by atoms with Crippen molar-refractivity contribution in [3.8, 4) is 0 Å². The fourth-order valence-corrected chi connectivity index (χ4v) is 1.90. The van der Waals surface area contributed by atoms with Crippen molar-refractivity contribution >= 4 is 11.5 Å². The van der Waals surface area contributed by atoms with E-state index in [0.717, 1.165) is 6.08 Å². The molecule has 0 aliphatic carbocycles. The van der Waals surface area contributed by atoms with Crippen LogP contribution in [-0.4, -0.2) is 11.1 Å². The third-order valence-corrected chi connectivity index (χ3v) is 2.77. The second-order valence-corrected chi connectivity index (χ2v) is 4.30. The van der Waals surface area contributed by atoms with E-state index in [9.17, 15) is 13.6 Å². The summed E-state index contributed by atoms with van der Waals surface area (Å²) in [5, 5.41) is 8.62. The highest BCUT2D eigenvalue weighted by molar-refractivity contribution is 5.84. The van der Waals surface area contributed by atoms with Crippen molar-refractivity contribution in [1.82, 2.24) is 0 Å². The minimum absolute atomic E-state index is 0.419. The molecule has 0 amide bonds. The Labute approximate surface area is 120 Å². The largest absolute Gasteiger partial charge is 0.478 e. The van der Waals surface area contributed by atoms with Gasteiger partial charge in [0.15, 0.2) is 0 Å². The molecule has 2 aromatic carbocycles. The highest BCUT2D eigenvalue weighted by Crippen LogP contribution is 2.24. The number of hydrogen-bond donors (Lipinski definition) is 1. The first kappa shape index (κ1) is 14.7. The molecule has 0 unspecified atom stereocenters. The number of hydrogen-bond acceptors (Lipinski definition) is 1. The monoisotopic (exact) mass is 286 g/mol. The molecule has 0 heterocycles. The fraction of sp³-hybridized carbons (Fsp3) is 0. The second-order valence-electron chi connectivity index (χ2n) is 4.30. The molecule has 0 atom stereocenters. The lowest BCUT2D eigenvalue weighted by Gasteiger charge is -2.08. The highest BCUT2D eigenvalue weighted by Gasteiger charge is 2.06. The first-order valence-electron chi connectivity index (χ1n) is 6.19. The average Bonchev–Trinajstić information content (AvgIpc) is 2.43. The number of allylic oxidation sites excluding steroid dienone is 2. The number of carboxylic acids is 1. The Bertz CT molecular complexity index is 671. The molecule has 1 N–H and O–H groups in total. The van der Waals surface area contributed by atoms with Gasteiger partial charge in [-0.1, -0.05) is 36.4 Å². The Morgan fingerprint density at radius 1 is 0.952 bits per heavy atom. The van der Waals surface area contributed by atoms with Crippen LogP contribution in [0.1, 0.15) is 11.1 Å². The van der Waals surface area contributed by atoms with Gasteiger partial charge in [-0.3, -0.25) is 0 Å². The van der Waals surface area contributed by atoms with E-state index >= 15 is 0 Å². The van der Waals surface area contributed by atoms with Crippen LogP contribution in [0.3, 0.4) is 0 Å². The molecule has 0 bridgehead atoms. The summed E-state index contributed by atoms with van der Waals surface area (Å²) in [4.78, 5) is 10.5. The molecule has 106 valence electrons. The van der Waals surface area contributed by atoms with E-state index in [1.807, 2.05) is 0 Å². The maximum Gasteiger partial charge on any atom is 0.328 e. The summed E-state index contributed by atoms with van der Waals surface area (Å²) in [6, 6.07) is 11.7. The quantitative estimate of drug-likeness (QED) is 0.680. The van der Waals surface area contributed by atoms with Gasteiger partial charge in [0, 0.05) is 6.08 Å². The van der Waals surface area contributed by atoms with Crippen LogP contribution in [0.4, 0.5) is 8.78 Å². The van der Waals surface area contributed by atoms with Crippen LogP contribution in [0.15, 0.2) is 66.8 Å². The van der Waals surface area contributed by atoms with Crippen molar-refractivity contribution in [3.05, 3.63) is 89.5 Å². The molecule has 0 saturated carbocycles. The van der Waals surface area contributed by atoms with Crippen molar-refractivity contribution < 1.29 is 18.7 Å². The Balaban J connectivity index is 2.51. The summed E-state index contributed by atoms with van der Waals surface area (Å²) in [6.07, 6.45) is 3.80. The normalized spacial score (nSPS) is 10.6. The van der Waals surface area contributed by atoms with Crippen LogP contribution in [0.25, 0.3) is 5.57 Å². The molecule has 4 heteroatoms. The van der Waals surface area contributed by atoms with E-state index in [4.69, 9.17) is 5.11 Å². The number of carbonyl (C=O) groups is 1. The zero-order valence-electron chi connectivity index (χ0n) is 11.0. The second kappa shape index (κ2) is 6.61. The van der Waals surface area contributed by atoms with Gasteiger partial charge in [-0.2, -0.15) is 0 Å². The summed E-state index contributed by atoms with van der Waals surface area (Å²) in [5.41, 5.74) is 1.61. The van der Waals surface area contributed by atoms with Gasteiger partial charge in [0.05, 0.1) is 0 Å². The standard InChI is InChI=1S/C17H12F2O2/c18-14-6-1-4-12(10-14)16(8-3-9-17(20)21)13-5-2-7-15(19)11-13/h1-11H,(H,20,21)/b9-3+. The maximum atomic E-state index is 13.4. The molecule has 2 aromatic rings. The van der Waals surface area contributed by atoms with Crippen molar-refractivity contribution in [2.45, 2.75) is 0 Å². The van der Waals surface area contributed by atoms with Crippen LogP contribution in [0, 0.1) is 11.6 Å². The Hall–Kier alpha value is -2.75. The molecule has 0 saturated heterocycles. The number of rotatable bonds is 4. The predicted molar refractivity (Wildman–Crippen MR) is 76.7 cm³/mol. The predicted octanol–water partition coefficient (Wildman–Crippen LogP) is 4.04. The molecular weight excluding hydrogens is 274 g/mol. The number of halogens is 2. The fourth-order valence-electron chi connectivity index (χ4n) is 1.90. The average molecular weight is 286 g/mol. The molecule has 0 fully saturated rings. The summed E-state index contributed by atoms with van der Waals surface area (Å²) in [5.74, 6) is -1.93. The molecule has 0 spiro atoms. The maximum absolute atomic E-state index is 13.4. The minimum atomic E-state index is -1.09. The van der Waals surface area contributed by atoms with Crippen molar-refractivity contribution in [3.63, 3.8) is 0 Å². The number of carboxylic acid groups (broad SMARTS) is 1. The minimum Gasteiger partial charge on any atom is -0.478 e. The first-order valence-corrected chi connectivity index (χ1v) is 6.19. The lowest BCUT2D eigenvalue weighted by Crippen LogP contribution is -1.91. The molecule has 2 rings (SSSR count). The lowest BCUT2D eigenvalue weighted by molar-refractivity contribution is -0.131. The van der Waals surface area contributed by atoms with Gasteiger partial charge in [-0.25, -0.2) is 13.6 Å². The molecule has 0 aromatic heterocycles. The topological polar surface area (TPSA) is 37.3 Å². The molecule has 0 radical (unpaired) electrons. The number of aliphatic carboxylic acids is 1. The summed E-state index contributed by atoms with van der Waals surface area (Å²) >= 11 is 0. The molecule has 21 heavy (non-hydrogen) atoms. The van der Waals surface area contributed by atoms with Gasteiger partial charge < -0.3 is 5.11 Å². The molecular formula is C17H12F2O2. The van der Waals surface area contributed by atoms with Crippen LogP contribution >= 0.6 is 0 Å². The third kappa shape index (κ3) is 4.11. The molecule has 0 aliphatic heterocycles. The van der Waals surface area contributed by atoms with Crippen LogP contribution in [-0.2, 0) is 4.79 Å². The van der Waals surface area contributed by atoms with E-state index in [2.05, 4.69) is 0 Å². The van der Waals surface area contributed by atoms with Crippen molar-refractivity contribution in [2.24, 2.45) is 0 Å². The SMILES string of the molecule is O=C(O)/C=C/C=C(c1cccc(F)c1)c1cccc(F)c1. The summed E-state index contributed by atoms with van der Waals surface area (Å²) in [7, 11) is 0. The van der Waals surface area contributed by atoms with Gasteiger partial charge in [0.25, 0.3) is 0 Å². The van der Waals surface area contributed by atoms with Crippen LogP contribution in [0.5, 0.6) is 0 Å². The van der Waals surface area contributed by atoms with E-state index < -0.39 is 17.6 Å². The van der Waals surface area contributed by atoms with Crippen molar-refractivity contribution in [1.29, 1.82) is 0 Å². The zero-order chi connectivity index (χ0) is 15.2. The zero-order valence-corrected chi connectivity index (χ0v) is 11.0. The Morgan fingerprint density at radius 2 is 1.48 bits per heavy atom. The van der Waals surface area contributed by atoms with Gasteiger partial charge in [-0.15, -0.1) is 0 Å². The summed E-state index contributed by atoms with van der Waals surface area (Å²) < 4.78 is 26.7. The summed E-state index contributed by atoms with van der Waals surface area (Å²) in [6.45, 7) is 0. The Morgan fingerprint density at radius 3 is 1.90 bits per heavy atom. The van der Waals surface area contributed by atoms with E-state index in [1.54, 1.807) is 24.3 Å². The van der Waals surface area contributed by atoms with E-state index in [0.29, 0.717) is 16.7 Å². The third-order valence-electron chi connectivity index (χ3n) is 2.77. The van der Waals surface area contributed by atoms with Gasteiger partial charge in [0.2, 0.25) is 0 Å². The highest BCUT2D eigenvalue weighted by atomic mass is 19.1. The van der Waals surface area contributed by atoms with Crippen LogP contribution in [0.2, 0.25) is 0 Å². The molecule has 0 aliphatic rings. The first-order chi connectivity index (χ1) is 10.1. The van der Waals surface area contributed by atoms with Crippen molar-refractivity contribution in [2.75, 3.05) is 0 Å². The van der Waals surface area contributed by atoms with Gasteiger partial charge in [0.1, 0.15) is 11.6 Å². The number of benzene rings is 2. The van der Waals surface area contributed by atoms with Gasteiger partial charge in [-0.05, 0) is 41.0 Å².